The molecule has 0 amide bonds. The van der Waals surface area contributed by atoms with E-state index in [0.29, 0.717) is 0 Å². The molecule has 1 aliphatic rings. The molecule has 3 heteroatoms. The summed E-state index contributed by atoms with van der Waals surface area (Å²) in [7, 11) is 0. The first-order chi connectivity index (χ1) is 4.79. The first kappa shape index (κ1) is 7.12. The van der Waals surface area contributed by atoms with Gasteiger partial charge in [0.15, 0.2) is 0 Å². The van der Waals surface area contributed by atoms with Crippen molar-refractivity contribution in [1.82, 2.24) is 5.32 Å². The Labute approximate surface area is 60.8 Å². The van der Waals surface area contributed by atoms with Crippen LogP contribution in [0.1, 0.15) is 19.3 Å². The van der Waals surface area contributed by atoms with Gasteiger partial charge in [0.25, 0.3) is 0 Å². The van der Waals surface area contributed by atoms with Crippen LogP contribution in [-0.2, 0) is 0 Å². The summed E-state index contributed by atoms with van der Waals surface area (Å²) in [6, 6.07) is 0. The Hall–Kier alpha value is -0.990. The van der Waals surface area contributed by atoms with Gasteiger partial charge in [0.1, 0.15) is 5.84 Å². The smallest absolute Gasteiger partial charge is 0.117 e. The standard InChI is InChI=1S/C7H13N3/c8-7(9)5-6-3-1-2-4-10-6/h5,10H,1-4H2,(H3,8,9)/b6-5-. The number of piperidine rings is 1. The summed E-state index contributed by atoms with van der Waals surface area (Å²) in [5.74, 6) is 0.143. The van der Waals surface area contributed by atoms with Gasteiger partial charge in [-0.15, -0.1) is 0 Å². The van der Waals surface area contributed by atoms with Gasteiger partial charge >= 0.3 is 0 Å². The van der Waals surface area contributed by atoms with Crippen LogP contribution in [0.3, 0.4) is 0 Å². The number of rotatable bonds is 1. The molecule has 10 heavy (non-hydrogen) atoms. The van der Waals surface area contributed by atoms with Crippen LogP contribution in [0.25, 0.3) is 0 Å². The van der Waals surface area contributed by atoms with E-state index in [1.54, 1.807) is 6.08 Å². The van der Waals surface area contributed by atoms with Crippen molar-refractivity contribution in [1.29, 1.82) is 5.41 Å². The molecule has 1 heterocycles. The van der Waals surface area contributed by atoms with Crippen LogP contribution in [0, 0.1) is 5.41 Å². The maximum atomic E-state index is 6.99. The molecule has 1 saturated heterocycles. The Morgan fingerprint density at radius 3 is 2.90 bits per heavy atom. The van der Waals surface area contributed by atoms with Gasteiger partial charge in [0, 0.05) is 12.2 Å². The van der Waals surface area contributed by atoms with Gasteiger partial charge in [-0.05, 0) is 25.3 Å². The van der Waals surface area contributed by atoms with Crippen LogP contribution in [0.5, 0.6) is 0 Å². The highest BCUT2D eigenvalue weighted by molar-refractivity contribution is 5.89. The number of nitrogens with one attached hydrogen (secondary N) is 2. The Balaban J connectivity index is 2.45. The van der Waals surface area contributed by atoms with E-state index in [1.807, 2.05) is 0 Å². The van der Waals surface area contributed by atoms with Crippen LogP contribution >= 0.6 is 0 Å². The van der Waals surface area contributed by atoms with Gasteiger partial charge in [-0.1, -0.05) is 0 Å². The quantitative estimate of drug-likeness (QED) is 0.367. The minimum absolute atomic E-state index is 0.143. The summed E-state index contributed by atoms with van der Waals surface area (Å²) >= 11 is 0. The lowest BCUT2D eigenvalue weighted by Gasteiger charge is -2.15. The Morgan fingerprint density at radius 1 is 1.60 bits per heavy atom. The van der Waals surface area contributed by atoms with E-state index >= 15 is 0 Å². The van der Waals surface area contributed by atoms with E-state index in [4.69, 9.17) is 11.1 Å². The zero-order valence-corrected chi connectivity index (χ0v) is 5.98. The molecule has 4 N–H and O–H groups in total. The predicted octanol–water partition coefficient (Wildman–Crippen LogP) is 0.580. The molecule has 0 radical (unpaired) electrons. The first-order valence-electron chi connectivity index (χ1n) is 3.57. The molecule has 0 aromatic carbocycles. The number of allylic oxidation sites excluding steroid dienone is 1. The van der Waals surface area contributed by atoms with Gasteiger partial charge in [-0.3, -0.25) is 5.41 Å². The van der Waals surface area contributed by atoms with Crippen molar-refractivity contribution in [3.8, 4) is 0 Å². The summed E-state index contributed by atoms with van der Waals surface area (Å²) in [6.07, 6.45) is 5.18. The normalized spacial score (nSPS) is 22.2. The Morgan fingerprint density at radius 2 is 2.40 bits per heavy atom. The van der Waals surface area contributed by atoms with E-state index in [9.17, 15) is 0 Å². The fourth-order valence-corrected chi connectivity index (χ4v) is 1.09. The zero-order chi connectivity index (χ0) is 7.40. The average Bonchev–Trinajstić information content (AvgIpc) is 1.88. The third kappa shape index (κ3) is 2.09. The predicted molar refractivity (Wildman–Crippen MR) is 41.9 cm³/mol. The van der Waals surface area contributed by atoms with Gasteiger partial charge in [0.2, 0.25) is 0 Å². The number of amidine groups is 1. The monoisotopic (exact) mass is 139 g/mol. The van der Waals surface area contributed by atoms with Crippen molar-refractivity contribution in [3.63, 3.8) is 0 Å². The van der Waals surface area contributed by atoms with Crippen molar-refractivity contribution >= 4 is 5.84 Å². The highest BCUT2D eigenvalue weighted by Crippen LogP contribution is 2.08. The first-order valence-corrected chi connectivity index (χ1v) is 3.57. The molecule has 3 nitrogen and oxygen atoms in total. The molecular formula is C7H13N3. The summed E-state index contributed by atoms with van der Waals surface area (Å²) in [4.78, 5) is 0. The second-order valence-corrected chi connectivity index (χ2v) is 2.51. The third-order valence-electron chi connectivity index (χ3n) is 1.55. The van der Waals surface area contributed by atoms with Gasteiger partial charge in [-0.2, -0.15) is 0 Å². The molecule has 0 saturated carbocycles. The molecule has 0 atom stereocenters. The number of hydrogen-bond donors (Lipinski definition) is 3. The van der Waals surface area contributed by atoms with Crippen LogP contribution < -0.4 is 11.1 Å². The molecule has 0 unspecified atom stereocenters. The van der Waals surface area contributed by atoms with Crippen LogP contribution in [0.4, 0.5) is 0 Å². The largest absolute Gasteiger partial charge is 0.388 e. The molecule has 1 rings (SSSR count). The molecule has 0 bridgehead atoms. The lowest BCUT2D eigenvalue weighted by atomic mass is 10.1. The Bertz CT molecular complexity index is 152. The van der Waals surface area contributed by atoms with E-state index in [1.165, 1.54) is 12.8 Å². The Kier molecular flexibility index (Phi) is 2.31. The lowest BCUT2D eigenvalue weighted by Crippen LogP contribution is -2.21. The summed E-state index contributed by atoms with van der Waals surface area (Å²) in [5, 5.41) is 10.2. The molecule has 1 aliphatic heterocycles. The van der Waals surface area contributed by atoms with Crippen molar-refractivity contribution in [2.45, 2.75) is 19.3 Å². The third-order valence-corrected chi connectivity index (χ3v) is 1.55. The van der Waals surface area contributed by atoms with Gasteiger partial charge in [-0.25, -0.2) is 0 Å². The van der Waals surface area contributed by atoms with E-state index in [0.717, 1.165) is 18.7 Å². The molecular weight excluding hydrogens is 126 g/mol. The highest BCUT2D eigenvalue weighted by Gasteiger charge is 2.02. The van der Waals surface area contributed by atoms with Gasteiger partial charge in [0.05, 0.1) is 0 Å². The summed E-state index contributed by atoms with van der Waals surface area (Å²) < 4.78 is 0. The van der Waals surface area contributed by atoms with Crippen molar-refractivity contribution < 1.29 is 0 Å². The van der Waals surface area contributed by atoms with Crippen LogP contribution in [0.15, 0.2) is 11.8 Å². The van der Waals surface area contributed by atoms with Gasteiger partial charge < -0.3 is 11.1 Å². The maximum Gasteiger partial charge on any atom is 0.117 e. The summed E-state index contributed by atoms with van der Waals surface area (Å²) in [5.41, 5.74) is 6.30. The molecule has 0 aromatic rings. The van der Waals surface area contributed by atoms with E-state index < -0.39 is 0 Å². The van der Waals surface area contributed by atoms with Crippen LogP contribution in [0.2, 0.25) is 0 Å². The van der Waals surface area contributed by atoms with Crippen LogP contribution in [-0.4, -0.2) is 12.4 Å². The molecule has 0 aromatic heterocycles. The average molecular weight is 139 g/mol. The second-order valence-electron chi connectivity index (χ2n) is 2.51. The minimum Gasteiger partial charge on any atom is -0.388 e. The summed E-state index contributed by atoms with van der Waals surface area (Å²) in [6.45, 7) is 1.03. The maximum absolute atomic E-state index is 6.99. The number of hydrogen-bond acceptors (Lipinski definition) is 2. The molecule has 0 aliphatic carbocycles. The van der Waals surface area contributed by atoms with E-state index in [2.05, 4.69) is 5.32 Å². The topological polar surface area (TPSA) is 61.9 Å². The van der Waals surface area contributed by atoms with Crippen molar-refractivity contribution in [2.24, 2.45) is 5.73 Å². The van der Waals surface area contributed by atoms with E-state index in [-0.39, 0.29) is 5.84 Å². The fourth-order valence-electron chi connectivity index (χ4n) is 1.09. The minimum atomic E-state index is 0.143. The second kappa shape index (κ2) is 3.25. The zero-order valence-electron chi connectivity index (χ0n) is 5.98. The highest BCUT2D eigenvalue weighted by atomic mass is 14.9. The molecule has 56 valence electrons. The fraction of sp³-hybridized carbons (Fsp3) is 0.571. The SMILES string of the molecule is N=C(N)/C=C1/CCCCN1. The molecule has 0 spiro atoms. The van der Waals surface area contributed by atoms with Crippen molar-refractivity contribution in [3.05, 3.63) is 11.8 Å². The van der Waals surface area contributed by atoms with Crippen molar-refractivity contribution in [2.75, 3.05) is 6.54 Å². The molecule has 1 fully saturated rings. The number of nitrogens with two attached hydrogens (primary N) is 1. The lowest BCUT2D eigenvalue weighted by molar-refractivity contribution is 0.588.